The van der Waals surface area contributed by atoms with Crippen LogP contribution < -0.4 is 11.1 Å². The minimum Gasteiger partial charge on any atom is -0.392 e. The normalized spacial score (nSPS) is 12.9. The summed E-state index contributed by atoms with van der Waals surface area (Å²) in [5, 5.41) is 12.6. The molecule has 4 rings (SSSR count). The van der Waals surface area contributed by atoms with Crippen molar-refractivity contribution in [2.75, 3.05) is 20.6 Å². The SMILES string of the molecule is C[C@@H](O)CNC(=O)[C@@H](Cc1ccccc1)N(C)C(=O)[C@@H](Cc1ccc(-c2ccccc2)cc1)N(C)C(=O)c1cccc(CN)c1. The van der Waals surface area contributed by atoms with Gasteiger partial charge in [0.2, 0.25) is 11.8 Å². The molecule has 0 saturated carbocycles. The van der Waals surface area contributed by atoms with Crippen molar-refractivity contribution in [1.29, 1.82) is 0 Å². The number of nitrogens with one attached hydrogen (secondary N) is 1. The summed E-state index contributed by atoms with van der Waals surface area (Å²) in [6, 6.07) is 32.7. The zero-order chi connectivity index (χ0) is 32.3. The highest BCUT2D eigenvalue weighted by Gasteiger charge is 2.35. The van der Waals surface area contributed by atoms with Gasteiger partial charge in [-0.05, 0) is 46.9 Å². The molecule has 0 aromatic heterocycles. The van der Waals surface area contributed by atoms with E-state index in [-0.39, 0.29) is 43.7 Å². The molecule has 0 bridgehead atoms. The molecule has 234 valence electrons. The number of nitrogens with two attached hydrogens (primary N) is 1. The standard InChI is InChI=1S/C37H42N4O4/c1-26(42)25-39-35(43)33(22-27-11-6-4-7-12-27)40(2)37(45)34(41(3)36(44)32-16-10-13-29(21-32)24-38)23-28-17-19-31(20-18-28)30-14-8-5-9-15-30/h4-21,26,33-34,42H,22-25,38H2,1-3H3,(H,39,43)/t26-,33-,34-/m1/s1. The Hall–Kier alpha value is -4.79. The molecule has 3 amide bonds. The third-order valence-corrected chi connectivity index (χ3v) is 7.93. The Bertz CT molecular complexity index is 1560. The van der Waals surface area contributed by atoms with E-state index < -0.39 is 18.2 Å². The third kappa shape index (κ3) is 8.88. The third-order valence-electron chi connectivity index (χ3n) is 7.93. The summed E-state index contributed by atoms with van der Waals surface area (Å²) in [5.74, 6) is -1.08. The number of hydrogen-bond acceptors (Lipinski definition) is 5. The van der Waals surface area contributed by atoms with E-state index in [1.54, 1.807) is 39.2 Å². The second-order valence-electron chi connectivity index (χ2n) is 11.4. The zero-order valence-corrected chi connectivity index (χ0v) is 26.1. The van der Waals surface area contributed by atoms with Gasteiger partial charge in [-0.2, -0.15) is 0 Å². The highest BCUT2D eigenvalue weighted by atomic mass is 16.3. The van der Waals surface area contributed by atoms with Crippen LogP contribution in [0.15, 0.2) is 109 Å². The maximum atomic E-state index is 14.4. The Morgan fingerprint density at radius 2 is 1.27 bits per heavy atom. The van der Waals surface area contributed by atoms with Crippen molar-refractivity contribution < 1.29 is 19.5 Å². The first-order chi connectivity index (χ1) is 21.7. The summed E-state index contributed by atoms with van der Waals surface area (Å²) in [6.07, 6.45) is -0.236. The molecule has 0 aliphatic heterocycles. The van der Waals surface area contributed by atoms with Crippen LogP contribution in [0.2, 0.25) is 0 Å². The first kappa shape index (κ1) is 33.1. The highest BCUT2D eigenvalue weighted by Crippen LogP contribution is 2.22. The van der Waals surface area contributed by atoms with Crippen LogP contribution in [0.25, 0.3) is 11.1 Å². The predicted octanol–water partition coefficient (Wildman–Crippen LogP) is 4.06. The van der Waals surface area contributed by atoms with Crippen molar-refractivity contribution in [2.45, 2.75) is 44.5 Å². The van der Waals surface area contributed by atoms with Crippen LogP contribution in [-0.2, 0) is 29.0 Å². The fourth-order valence-corrected chi connectivity index (χ4v) is 5.25. The van der Waals surface area contributed by atoms with Gasteiger partial charge in [0.15, 0.2) is 0 Å². The molecule has 0 spiro atoms. The minimum absolute atomic E-state index is 0.0548. The van der Waals surface area contributed by atoms with Crippen LogP contribution in [-0.4, -0.2) is 71.5 Å². The van der Waals surface area contributed by atoms with Crippen LogP contribution in [0, 0.1) is 0 Å². The molecule has 4 aromatic carbocycles. The number of benzene rings is 4. The topological polar surface area (TPSA) is 116 Å². The Morgan fingerprint density at radius 3 is 1.89 bits per heavy atom. The summed E-state index contributed by atoms with van der Waals surface area (Å²) in [6.45, 7) is 1.92. The molecule has 8 heteroatoms. The van der Waals surface area contributed by atoms with E-state index in [0.717, 1.165) is 27.8 Å². The van der Waals surface area contributed by atoms with Crippen molar-refractivity contribution >= 4 is 17.7 Å². The lowest BCUT2D eigenvalue weighted by Gasteiger charge is -2.35. The number of aliphatic hydroxyl groups excluding tert-OH is 1. The van der Waals surface area contributed by atoms with Gasteiger partial charge in [0.25, 0.3) is 5.91 Å². The number of carbonyl (C=O) groups is 3. The van der Waals surface area contributed by atoms with Crippen LogP contribution in [0.5, 0.6) is 0 Å². The van der Waals surface area contributed by atoms with E-state index in [0.29, 0.717) is 5.56 Å². The van der Waals surface area contributed by atoms with E-state index in [1.165, 1.54) is 9.80 Å². The quantitative estimate of drug-likeness (QED) is 0.212. The molecule has 3 atom stereocenters. The van der Waals surface area contributed by atoms with E-state index in [4.69, 9.17) is 5.73 Å². The van der Waals surface area contributed by atoms with Crippen molar-refractivity contribution in [3.05, 3.63) is 131 Å². The molecule has 0 aliphatic rings. The summed E-state index contributed by atoms with van der Waals surface area (Å²) < 4.78 is 0. The Kier molecular flexibility index (Phi) is 11.6. The smallest absolute Gasteiger partial charge is 0.254 e. The van der Waals surface area contributed by atoms with Crippen molar-refractivity contribution in [1.82, 2.24) is 15.1 Å². The van der Waals surface area contributed by atoms with Crippen molar-refractivity contribution in [3.8, 4) is 11.1 Å². The largest absolute Gasteiger partial charge is 0.392 e. The molecule has 45 heavy (non-hydrogen) atoms. The maximum Gasteiger partial charge on any atom is 0.254 e. The number of rotatable bonds is 13. The van der Waals surface area contributed by atoms with Gasteiger partial charge in [0.1, 0.15) is 12.1 Å². The van der Waals surface area contributed by atoms with Crippen molar-refractivity contribution in [2.24, 2.45) is 5.73 Å². The number of carbonyl (C=O) groups excluding carboxylic acids is 3. The molecule has 4 aromatic rings. The number of nitrogens with zero attached hydrogens (tertiary/aromatic N) is 2. The zero-order valence-electron chi connectivity index (χ0n) is 26.1. The summed E-state index contributed by atoms with van der Waals surface area (Å²) in [7, 11) is 3.21. The fourth-order valence-electron chi connectivity index (χ4n) is 5.25. The van der Waals surface area contributed by atoms with Gasteiger partial charge in [0, 0.05) is 45.6 Å². The lowest BCUT2D eigenvalue weighted by molar-refractivity contribution is -0.142. The summed E-state index contributed by atoms with van der Waals surface area (Å²) in [4.78, 5) is 44.5. The van der Waals surface area contributed by atoms with E-state index in [2.05, 4.69) is 5.32 Å². The molecule has 0 radical (unpaired) electrons. The molecule has 0 saturated heterocycles. The lowest BCUT2D eigenvalue weighted by Crippen LogP contribution is -2.56. The van der Waals surface area contributed by atoms with Gasteiger partial charge in [-0.1, -0.05) is 97.1 Å². The average Bonchev–Trinajstić information content (AvgIpc) is 3.08. The Balaban J connectivity index is 1.66. The van der Waals surface area contributed by atoms with Crippen LogP contribution in [0.4, 0.5) is 0 Å². The van der Waals surface area contributed by atoms with E-state index in [9.17, 15) is 19.5 Å². The fraction of sp³-hybridized carbons (Fsp3) is 0.270. The number of aliphatic hydroxyl groups is 1. The van der Waals surface area contributed by atoms with Crippen LogP contribution in [0.3, 0.4) is 0 Å². The maximum absolute atomic E-state index is 14.4. The van der Waals surface area contributed by atoms with Gasteiger partial charge in [-0.25, -0.2) is 0 Å². The molecule has 4 N–H and O–H groups in total. The summed E-state index contributed by atoms with van der Waals surface area (Å²) >= 11 is 0. The molecule has 0 aliphatic carbocycles. The first-order valence-electron chi connectivity index (χ1n) is 15.1. The number of likely N-dealkylation sites (N-methyl/N-ethyl adjacent to an activating group) is 2. The van der Waals surface area contributed by atoms with Crippen molar-refractivity contribution in [3.63, 3.8) is 0 Å². The lowest BCUT2D eigenvalue weighted by atomic mass is 9.97. The highest BCUT2D eigenvalue weighted by molar-refractivity contribution is 5.98. The molecule has 8 nitrogen and oxygen atoms in total. The molecule has 0 heterocycles. The molecule has 0 unspecified atom stereocenters. The van der Waals surface area contributed by atoms with Gasteiger partial charge in [-0.15, -0.1) is 0 Å². The van der Waals surface area contributed by atoms with Gasteiger partial charge < -0.3 is 26.0 Å². The van der Waals surface area contributed by atoms with E-state index in [1.807, 2.05) is 91.0 Å². The Morgan fingerprint density at radius 1 is 0.711 bits per heavy atom. The van der Waals surface area contributed by atoms with E-state index >= 15 is 0 Å². The second kappa shape index (κ2) is 15.8. The molecular weight excluding hydrogens is 564 g/mol. The van der Waals surface area contributed by atoms with Gasteiger partial charge >= 0.3 is 0 Å². The monoisotopic (exact) mass is 606 g/mol. The van der Waals surface area contributed by atoms with Crippen LogP contribution in [0.1, 0.15) is 34.0 Å². The minimum atomic E-state index is -0.908. The van der Waals surface area contributed by atoms with Gasteiger partial charge in [-0.3, -0.25) is 14.4 Å². The summed E-state index contributed by atoms with van der Waals surface area (Å²) in [5.41, 5.74) is 10.9. The van der Waals surface area contributed by atoms with Gasteiger partial charge in [0.05, 0.1) is 6.10 Å². The molecular formula is C37H42N4O4. The molecule has 0 fully saturated rings. The number of hydrogen-bond donors (Lipinski definition) is 3. The van der Waals surface area contributed by atoms with Crippen LogP contribution >= 0.6 is 0 Å². The number of amides is 3. The second-order valence-corrected chi connectivity index (χ2v) is 11.4. The average molecular weight is 607 g/mol. The Labute approximate surface area is 265 Å². The predicted molar refractivity (Wildman–Crippen MR) is 177 cm³/mol. The first-order valence-corrected chi connectivity index (χ1v) is 15.1.